The smallest absolute Gasteiger partial charge is 0.147 e. The minimum Gasteiger partial charge on any atom is -0.382 e. The molecular weight excluding hydrogens is 196 g/mol. The Morgan fingerprint density at radius 3 is 2.93 bits per heavy atom. The van der Waals surface area contributed by atoms with Crippen molar-refractivity contribution in [3.63, 3.8) is 0 Å². The minimum atomic E-state index is 0.484. The van der Waals surface area contributed by atoms with Gasteiger partial charge >= 0.3 is 0 Å². The Kier molecular flexibility index (Phi) is 3.08. The van der Waals surface area contributed by atoms with Crippen molar-refractivity contribution >= 4 is 23.4 Å². The Morgan fingerprint density at radius 1 is 1.21 bits per heavy atom. The lowest BCUT2D eigenvalue weighted by molar-refractivity contribution is 0.798. The summed E-state index contributed by atoms with van der Waals surface area (Å²) in [4.78, 5) is 10.6. The molecule has 0 aliphatic carbocycles. The van der Waals surface area contributed by atoms with Gasteiger partial charge in [-0.1, -0.05) is 0 Å². The van der Waals surface area contributed by atoms with Crippen molar-refractivity contribution in [2.24, 2.45) is 0 Å². The second kappa shape index (κ2) is 4.50. The molecular formula is C9H14N4S. The highest BCUT2D eigenvalue weighted by atomic mass is 32.2. The first-order valence-corrected chi connectivity index (χ1v) is 5.92. The van der Waals surface area contributed by atoms with Crippen LogP contribution < -0.4 is 10.6 Å². The number of thioether (sulfide) groups is 1. The summed E-state index contributed by atoms with van der Waals surface area (Å²) in [6.07, 6.45) is 4.59. The third-order valence-corrected chi connectivity index (χ3v) is 3.25. The first-order chi connectivity index (χ1) is 6.86. The van der Waals surface area contributed by atoms with Crippen molar-refractivity contribution in [3.8, 4) is 0 Å². The molecule has 2 rings (SSSR count). The topological polar surface area (TPSA) is 55.0 Å². The molecule has 0 atom stereocenters. The van der Waals surface area contributed by atoms with Crippen molar-refractivity contribution in [3.05, 3.63) is 12.4 Å². The van der Waals surface area contributed by atoms with Crippen LogP contribution in [0.4, 0.5) is 11.6 Å². The van der Waals surface area contributed by atoms with E-state index in [1.165, 1.54) is 17.9 Å². The van der Waals surface area contributed by atoms with Gasteiger partial charge in [0.15, 0.2) is 0 Å². The van der Waals surface area contributed by atoms with Crippen LogP contribution in [0.25, 0.3) is 0 Å². The second-order valence-corrected chi connectivity index (χ2v) is 4.48. The molecule has 0 spiro atoms. The molecule has 14 heavy (non-hydrogen) atoms. The van der Waals surface area contributed by atoms with E-state index in [4.69, 9.17) is 5.73 Å². The zero-order chi connectivity index (χ0) is 9.80. The molecule has 2 N–H and O–H groups in total. The standard InChI is InChI=1S/C9H14N4S/c10-8-6-12-9(7-11-8)13-2-1-4-14-5-3-13/h6-7H,1-5H2,(H2,10,11). The molecule has 1 aliphatic heterocycles. The molecule has 1 aromatic heterocycles. The van der Waals surface area contributed by atoms with Crippen LogP contribution in [-0.4, -0.2) is 34.6 Å². The predicted molar refractivity (Wildman–Crippen MR) is 60.6 cm³/mol. The van der Waals surface area contributed by atoms with Gasteiger partial charge in [-0.2, -0.15) is 11.8 Å². The number of hydrogen-bond donors (Lipinski definition) is 1. The van der Waals surface area contributed by atoms with Crippen molar-refractivity contribution in [2.75, 3.05) is 35.2 Å². The van der Waals surface area contributed by atoms with Crippen molar-refractivity contribution < 1.29 is 0 Å². The maximum atomic E-state index is 5.49. The lowest BCUT2D eigenvalue weighted by atomic mass is 10.4. The number of rotatable bonds is 1. The Labute approximate surface area is 87.9 Å². The summed E-state index contributed by atoms with van der Waals surface area (Å²) in [6.45, 7) is 2.13. The quantitative estimate of drug-likeness (QED) is 0.749. The van der Waals surface area contributed by atoms with Crippen LogP contribution in [0, 0.1) is 0 Å². The van der Waals surface area contributed by atoms with Crippen molar-refractivity contribution in [1.82, 2.24) is 9.97 Å². The molecule has 1 aliphatic rings. The average Bonchev–Trinajstić information content (AvgIpc) is 2.47. The summed E-state index contributed by atoms with van der Waals surface area (Å²) in [5.41, 5.74) is 5.49. The van der Waals surface area contributed by atoms with Crippen LogP contribution in [0.15, 0.2) is 12.4 Å². The average molecular weight is 210 g/mol. The van der Waals surface area contributed by atoms with E-state index in [1.54, 1.807) is 12.4 Å². The summed E-state index contributed by atoms with van der Waals surface area (Å²) in [5.74, 6) is 3.85. The van der Waals surface area contributed by atoms with Gasteiger partial charge in [0.2, 0.25) is 0 Å². The Bertz CT molecular complexity index is 279. The van der Waals surface area contributed by atoms with E-state index in [2.05, 4.69) is 14.9 Å². The minimum absolute atomic E-state index is 0.484. The zero-order valence-electron chi connectivity index (χ0n) is 8.02. The lowest BCUT2D eigenvalue weighted by Crippen LogP contribution is -2.26. The van der Waals surface area contributed by atoms with Crippen LogP contribution in [0.3, 0.4) is 0 Å². The number of hydrogen-bond acceptors (Lipinski definition) is 5. The molecule has 0 bridgehead atoms. The normalized spacial score (nSPS) is 17.9. The van der Waals surface area contributed by atoms with Crippen LogP contribution in [0.2, 0.25) is 0 Å². The molecule has 0 unspecified atom stereocenters. The molecule has 0 aromatic carbocycles. The zero-order valence-corrected chi connectivity index (χ0v) is 8.83. The Morgan fingerprint density at radius 2 is 2.14 bits per heavy atom. The van der Waals surface area contributed by atoms with Crippen LogP contribution >= 0.6 is 11.8 Å². The van der Waals surface area contributed by atoms with Gasteiger partial charge in [-0.05, 0) is 12.2 Å². The number of anilines is 2. The van der Waals surface area contributed by atoms with E-state index >= 15 is 0 Å². The molecule has 4 nitrogen and oxygen atoms in total. The third-order valence-electron chi connectivity index (χ3n) is 2.20. The molecule has 0 radical (unpaired) electrons. The molecule has 2 heterocycles. The highest BCUT2D eigenvalue weighted by molar-refractivity contribution is 7.99. The molecule has 1 fully saturated rings. The van der Waals surface area contributed by atoms with Gasteiger partial charge in [0.1, 0.15) is 11.6 Å². The second-order valence-electron chi connectivity index (χ2n) is 3.25. The Balaban J connectivity index is 2.08. The number of nitrogens with two attached hydrogens (primary N) is 1. The van der Waals surface area contributed by atoms with E-state index in [0.29, 0.717) is 5.82 Å². The van der Waals surface area contributed by atoms with Gasteiger partial charge in [0, 0.05) is 18.8 Å². The van der Waals surface area contributed by atoms with Crippen LogP contribution in [0.5, 0.6) is 0 Å². The number of nitrogen functional groups attached to an aromatic ring is 1. The Hall–Kier alpha value is -0.970. The van der Waals surface area contributed by atoms with E-state index in [-0.39, 0.29) is 0 Å². The fraction of sp³-hybridized carbons (Fsp3) is 0.556. The molecule has 76 valence electrons. The highest BCUT2D eigenvalue weighted by Gasteiger charge is 2.10. The summed E-state index contributed by atoms with van der Waals surface area (Å²) < 4.78 is 0. The van der Waals surface area contributed by atoms with Crippen LogP contribution in [0.1, 0.15) is 6.42 Å². The molecule has 5 heteroatoms. The van der Waals surface area contributed by atoms with E-state index in [0.717, 1.165) is 18.9 Å². The third kappa shape index (κ3) is 2.29. The van der Waals surface area contributed by atoms with Gasteiger partial charge in [-0.25, -0.2) is 9.97 Å². The largest absolute Gasteiger partial charge is 0.382 e. The summed E-state index contributed by atoms with van der Waals surface area (Å²) in [5, 5.41) is 0. The van der Waals surface area contributed by atoms with Crippen LogP contribution in [-0.2, 0) is 0 Å². The van der Waals surface area contributed by atoms with Gasteiger partial charge in [-0.15, -0.1) is 0 Å². The summed E-state index contributed by atoms with van der Waals surface area (Å²) >= 11 is 2.00. The highest BCUT2D eigenvalue weighted by Crippen LogP contribution is 2.16. The van der Waals surface area contributed by atoms with E-state index in [9.17, 15) is 0 Å². The first-order valence-electron chi connectivity index (χ1n) is 4.76. The SMILES string of the molecule is Nc1cnc(N2CCCSCC2)cn1. The van der Waals surface area contributed by atoms with Gasteiger partial charge < -0.3 is 10.6 Å². The summed E-state index contributed by atoms with van der Waals surface area (Å²) in [7, 11) is 0. The van der Waals surface area contributed by atoms with E-state index < -0.39 is 0 Å². The maximum absolute atomic E-state index is 5.49. The van der Waals surface area contributed by atoms with Gasteiger partial charge in [0.05, 0.1) is 12.4 Å². The van der Waals surface area contributed by atoms with Gasteiger partial charge in [0.25, 0.3) is 0 Å². The maximum Gasteiger partial charge on any atom is 0.147 e. The fourth-order valence-corrected chi connectivity index (χ4v) is 2.36. The number of aromatic nitrogens is 2. The molecule has 1 aromatic rings. The van der Waals surface area contributed by atoms with E-state index in [1.807, 2.05) is 11.8 Å². The molecule has 0 saturated carbocycles. The molecule has 0 amide bonds. The predicted octanol–water partition coefficient (Wildman–Crippen LogP) is 1.00. The lowest BCUT2D eigenvalue weighted by Gasteiger charge is -2.20. The van der Waals surface area contributed by atoms with Crippen molar-refractivity contribution in [2.45, 2.75) is 6.42 Å². The first kappa shape index (κ1) is 9.58. The van der Waals surface area contributed by atoms with Crippen molar-refractivity contribution in [1.29, 1.82) is 0 Å². The molecule has 1 saturated heterocycles. The van der Waals surface area contributed by atoms with Gasteiger partial charge in [-0.3, -0.25) is 0 Å². The number of nitrogens with zero attached hydrogens (tertiary/aromatic N) is 3. The fourth-order valence-electron chi connectivity index (χ4n) is 1.47. The summed E-state index contributed by atoms with van der Waals surface area (Å²) in [6, 6.07) is 0. The monoisotopic (exact) mass is 210 g/mol.